The second-order valence-electron chi connectivity index (χ2n) is 3.92. The molecule has 0 heterocycles. The molecule has 0 saturated heterocycles. The van der Waals surface area contributed by atoms with Crippen molar-refractivity contribution in [3.05, 3.63) is 34.9 Å². The van der Waals surface area contributed by atoms with Gasteiger partial charge < -0.3 is 10.2 Å². The third kappa shape index (κ3) is 3.49. The van der Waals surface area contributed by atoms with Crippen molar-refractivity contribution in [2.75, 3.05) is 5.88 Å². The molecule has 0 bridgehead atoms. The van der Waals surface area contributed by atoms with Crippen LogP contribution in [0.25, 0.3) is 0 Å². The van der Waals surface area contributed by atoms with Gasteiger partial charge in [0.1, 0.15) is 0 Å². The smallest absolute Gasteiger partial charge is 0.0937 e. The van der Waals surface area contributed by atoms with Crippen LogP contribution in [0.5, 0.6) is 0 Å². The molecule has 2 N–H and O–H groups in total. The SMILES string of the molecule is Cc1ccc(CC(O)C(O)CCl)c(C)c1. The van der Waals surface area contributed by atoms with E-state index in [1.807, 2.05) is 26.0 Å². The van der Waals surface area contributed by atoms with Crippen LogP contribution in [0.4, 0.5) is 0 Å². The molecular weight excluding hydrogens is 212 g/mol. The van der Waals surface area contributed by atoms with Crippen molar-refractivity contribution in [3.63, 3.8) is 0 Å². The number of aryl methyl sites for hydroxylation is 2. The number of hydrogen-bond donors (Lipinski definition) is 2. The van der Waals surface area contributed by atoms with Crippen molar-refractivity contribution in [2.24, 2.45) is 0 Å². The van der Waals surface area contributed by atoms with Gasteiger partial charge in [-0.3, -0.25) is 0 Å². The number of hydrogen-bond acceptors (Lipinski definition) is 2. The number of alkyl halides is 1. The second kappa shape index (κ2) is 5.50. The van der Waals surface area contributed by atoms with Crippen LogP contribution in [0, 0.1) is 13.8 Å². The molecule has 0 aliphatic rings. The van der Waals surface area contributed by atoms with E-state index in [9.17, 15) is 10.2 Å². The topological polar surface area (TPSA) is 40.5 Å². The summed E-state index contributed by atoms with van der Waals surface area (Å²) in [5, 5.41) is 19.0. The lowest BCUT2D eigenvalue weighted by Crippen LogP contribution is -2.29. The molecule has 15 heavy (non-hydrogen) atoms. The maximum absolute atomic E-state index is 9.63. The normalized spacial score (nSPS) is 15.0. The van der Waals surface area contributed by atoms with Crippen LogP contribution in [0.1, 0.15) is 16.7 Å². The van der Waals surface area contributed by atoms with Crippen molar-refractivity contribution in [2.45, 2.75) is 32.5 Å². The standard InChI is InChI=1S/C12H17ClO2/c1-8-3-4-10(9(2)5-8)6-11(14)12(15)7-13/h3-5,11-12,14-15H,6-7H2,1-2H3. The summed E-state index contributed by atoms with van der Waals surface area (Å²) in [4.78, 5) is 0. The summed E-state index contributed by atoms with van der Waals surface area (Å²) in [6, 6.07) is 6.05. The van der Waals surface area contributed by atoms with Gasteiger partial charge in [0, 0.05) is 6.42 Å². The van der Waals surface area contributed by atoms with Crippen LogP contribution in [-0.4, -0.2) is 28.3 Å². The average Bonchev–Trinajstić information content (AvgIpc) is 2.20. The summed E-state index contributed by atoms with van der Waals surface area (Å²) < 4.78 is 0. The van der Waals surface area contributed by atoms with Crippen molar-refractivity contribution in [1.29, 1.82) is 0 Å². The highest BCUT2D eigenvalue weighted by molar-refractivity contribution is 6.18. The Labute approximate surface area is 95.5 Å². The van der Waals surface area contributed by atoms with Gasteiger partial charge >= 0.3 is 0 Å². The maximum atomic E-state index is 9.63. The highest BCUT2D eigenvalue weighted by Gasteiger charge is 2.16. The first kappa shape index (κ1) is 12.5. The van der Waals surface area contributed by atoms with E-state index in [2.05, 4.69) is 6.07 Å². The van der Waals surface area contributed by atoms with Crippen LogP contribution < -0.4 is 0 Å². The van der Waals surface area contributed by atoms with Gasteiger partial charge in [-0.15, -0.1) is 11.6 Å². The lowest BCUT2D eigenvalue weighted by molar-refractivity contribution is 0.0340. The minimum Gasteiger partial charge on any atom is -0.390 e. The average molecular weight is 229 g/mol. The quantitative estimate of drug-likeness (QED) is 0.772. The Hall–Kier alpha value is -0.570. The van der Waals surface area contributed by atoms with Gasteiger partial charge in [-0.2, -0.15) is 0 Å². The highest BCUT2D eigenvalue weighted by atomic mass is 35.5. The molecule has 0 saturated carbocycles. The van der Waals surface area contributed by atoms with Gasteiger partial charge in [-0.1, -0.05) is 23.8 Å². The zero-order valence-corrected chi connectivity index (χ0v) is 9.83. The zero-order valence-electron chi connectivity index (χ0n) is 9.07. The molecule has 0 aliphatic heterocycles. The van der Waals surface area contributed by atoms with Gasteiger partial charge in [-0.25, -0.2) is 0 Å². The molecule has 1 aromatic carbocycles. The van der Waals surface area contributed by atoms with Crippen LogP contribution in [-0.2, 0) is 6.42 Å². The fourth-order valence-corrected chi connectivity index (χ4v) is 1.74. The predicted octanol–water partition coefficient (Wildman–Crippen LogP) is 1.81. The predicted molar refractivity (Wildman–Crippen MR) is 62.4 cm³/mol. The number of aliphatic hydroxyl groups excluding tert-OH is 2. The fraction of sp³-hybridized carbons (Fsp3) is 0.500. The molecule has 1 aromatic rings. The lowest BCUT2D eigenvalue weighted by Gasteiger charge is -2.16. The van der Waals surface area contributed by atoms with E-state index in [1.54, 1.807) is 0 Å². The monoisotopic (exact) mass is 228 g/mol. The van der Waals surface area contributed by atoms with Crippen LogP contribution in [0.2, 0.25) is 0 Å². The third-order valence-electron chi connectivity index (χ3n) is 2.53. The number of benzene rings is 1. The Morgan fingerprint density at radius 2 is 1.87 bits per heavy atom. The highest BCUT2D eigenvalue weighted by Crippen LogP contribution is 2.14. The summed E-state index contributed by atoms with van der Waals surface area (Å²) >= 11 is 5.47. The number of aliphatic hydroxyl groups is 2. The molecule has 0 spiro atoms. The maximum Gasteiger partial charge on any atom is 0.0937 e. The van der Waals surface area contributed by atoms with Crippen LogP contribution >= 0.6 is 11.6 Å². The molecule has 2 nitrogen and oxygen atoms in total. The molecule has 0 aliphatic carbocycles. The molecule has 0 aromatic heterocycles. The van der Waals surface area contributed by atoms with E-state index in [1.165, 1.54) is 5.56 Å². The van der Waals surface area contributed by atoms with Crippen molar-refractivity contribution >= 4 is 11.6 Å². The van der Waals surface area contributed by atoms with E-state index >= 15 is 0 Å². The van der Waals surface area contributed by atoms with E-state index < -0.39 is 12.2 Å². The summed E-state index contributed by atoms with van der Waals surface area (Å²) in [5.41, 5.74) is 3.39. The fourth-order valence-electron chi connectivity index (χ4n) is 1.54. The minimum absolute atomic E-state index is 0.0616. The first-order valence-electron chi connectivity index (χ1n) is 5.03. The molecule has 0 radical (unpaired) electrons. The van der Waals surface area contributed by atoms with Crippen LogP contribution in [0.3, 0.4) is 0 Å². The van der Waals surface area contributed by atoms with Crippen LogP contribution in [0.15, 0.2) is 18.2 Å². The lowest BCUT2D eigenvalue weighted by atomic mass is 9.99. The van der Waals surface area contributed by atoms with E-state index in [4.69, 9.17) is 11.6 Å². The molecule has 84 valence electrons. The van der Waals surface area contributed by atoms with E-state index in [-0.39, 0.29) is 5.88 Å². The number of halogens is 1. The van der Waals surface area contributed by atoms with Crippen molar-refractivity contribution < 1.29 is 10.2 Å². The first-order chi connectivity index (χ1) is 7.04. The van der Waals surface area contributed by atoms with Gasteiger partial charge in [-0.05, 0) is 25.0 Å². The largest absolute Gasteiger partial charge is 0.390 e. The second-order valence-corrected chi connectivity index (χ2v) is 4.23. The van der Waals surface area contributed by atoms with Crippen molar-refractivity contribution in [1.82, 2.24) is 0 Å². The summed E-state index contributed by atoms with van der Waals surface area (Å²) in [7, 11) is 0. The molecule has 2 atom stereocenters. The van der Waals surface area contributed by atoms with E-state index in [0.29, 0.717) is 6.42 Å². The summed E-state index contributed by atoms with van der Waals surface area (Å²) in [6.45, 7) is 4.03. The van der Waals surface area contributed by atoms with Gasteiger partial charge in [0.05, 0.1) is 18.1 Å². The number of rotatable bonds is 4. The van der Waals surface area contributed by atoms with Gasteiger partial charge in [0.2, 0.25) is 0 Å². The van der Waals surface area contributed by atoms with Gasteiger partial charge in [0.15, 0.2) is 0 Å². The Morgan fingerprint density at radius 3 is 2.40 bits per heavy atom. The van der Waals surface area contributed by atoms with Gasteiger partial charge in [0.25, 0.3) is 0 Å². The molecular formula is C12H17ClO2. The molecule has 0 fully saturated rings. The Bertz CT molecular complexity index is 325. The minimum atomic E-state index is -0.854. The zero-order chi connectivity index (χ0) is 11.4. The Kier molecular flexibility index (Phi) is 4.58. The first-order valence-corrected chi connectivity index (χ1v) is 5.56. The Morgan fingerprint density at radius 1 is 1.20 bits per heavy atom. The molecule has 0 amide bonds. The molecule has 2 unspecified atom stereocenters. The van der Waals surface area contributed by atoms with E-state index in [0.717, 1.165) is 11.1 Å². The summed E-state index contributed by atoms with van der Waals surface area (Å²) in [5.74, 6) is 0.0616. The third-order valence-corrected chi connectivity index (χ3v) is 2.85. The van der Waals surface area contributed by atoms with Crippen molar-refractivity contribution in [3.8, 4) is 0 Å². The molecule has 1 rings (SSSR count). The molecule has 3 heteroatoms. The Balaban J connectivity index is 2.72. The summed E-state index contributed by atoms with van der Waals surface area (Å²) in [6.07, 6.45) is -1.20.